The van der Waals surface area contributed by atoms with Crippen LogP contribution in [0.25, 0.3) is 0 Å². The highest BCUT2D eigenvalue weighted by molar-refractivity contribution is 5.82. The van der Waals surface area contributed by atoms with Crippen molar-refractivity contribution in [2.45, 2.75) is 33.2 Å². The van der Waals surface area contributed by atoms with Crippen molar-refractivity contribution in [1.29, 1.82) is 0 Å². The minimum atomic E-state index is -1.15. The molecular weight excluding hydrogens is 224 g/mol. The fourth-order valence-corrected chi connectivity index (χ4v) is 1.09. The van der Waals surface area contributed by atoms with Gasteiger partial charge in [-0.3, -0.25) is 0 Å². The van der Waals surface area contributed by atoms with Crippen molar-refractivity contribution < 1.29 is 19.8 Å². The van der Waals surface area contributed by atoms with Crippen molar-refractivity contribution in [3.63, 3.8) is 0 Å². The highest BCUT2D eigenvalue weighted by Crippen LogP contribution is 2.07. The number of aliphatic carboxylic acids is 1. The van der Waals surface area contributed by atoms with Crippen LogP contribution in [0, 0.1) is 11.8 Å². The van der Waals surface area contributed by atoms with E-state index in [0.717, 1.165) is 0 Å². The minimum absolute atomic E-state index is 0.00247. The first-order chi connectivity index (χ1) is 7.88. The lowest BCUT2D eigenvalue weighted by molar-refractivity contribution is -0.139. The molecule has 6 nitrogen and oxygen atoms in total. The number of carboxylic acids is 1. The first-order valence-electron chi connectivity index (χ1n) is 5.76. The third-order valence-electron chi connectivity index (χ3n) is 2.74. The number of urea groups is 1. The summed E-state index contributed by atoms with van der Waals surface area (Å²) in [6, 6.07) is -1.56. The van der Waals surface area contributed by atoms with Crippen LogP contribution in [0.3, 0.4) is 0 Å². The minimum Gasteiger partial charge on any atom is -0.480 e. The van der Waals surface area contributed by atoms with Crippen LogP contribution in [-0.2, 0) is 4.79 Å². The molecule has 2 amide bonds. The summed E-state index contributed by atoms with van der Waals surface area (Å²) in [7, 11) is 0. The van der Waals surface area contributed by atoms with Gasteiger partial charge in [0, 0.05) is 19.6 Å². The smallest absolute Gasteiger partial charge is 0.326 e. The van der Waals surface area contributed by atoms with E-state index in [-0.39, 0.29) is 13.0 Å². The lowest BCUT2D eigenvalue weighted by Crippen LogP contribution is -2.47. The van der Waals surface area contributed by atoms with Crippen LogP contribution in [0.2, 0.25) is 0 Å². The quantitative estimate of drug-likeness (QED) is 0.523. The predicted molar refractivity (Wildman–Crippen MR) is 63.7 cm³/mol. The van der Waals surface area contributed by atoms with E-state index in [2.05, 4.69) is 24.5 Å². The summed E-state index contributed by atoms with van der Waals surface area (Å²) in [5.41, 5.74) is 0. The first kappa shape index (κ1) is 15.7. The van der Waals surface area contributed by atoms with Crippen LogP contribution in [0.5, 0.6) is 0 Å². The zero-order valence-corrected chi connectivity index (χ0v) is 10.6. The van der Waals surface area contributed by atoms with Crippen LogP contribution in [0.15, 0.2) is 0 Å². The zero-order chi connectivity index (χ0) is 13.4. The number of rotatable bonds is 7. The number of carbonyl (C=O) groups excluding carboxylic acids is 1. The van der Waals surface area contributed by atoms with E-state index in [9.17, 15) is 9.59 Å². The number of hydrogen-bond donors (Lipinski definition) is 4. The molecule has 6 heteroatoms. The molecule has 0 rings (SSSR count). The molecule has 0 aromatic carbocycles. The van der Waals surface area contributed by atoms with E-state index in [0.29, 0.717) is 18.4 Å². The van der Waals surface area contributed by atoms with Crippen molar-refractivity contribution in [3.8, 4) is 0 Å². The second-order valence-corrected chi connectivity index (χ2v) is 4.48. The summed E-state index contributed by atoms with van der Waals surface area (Å²) in [4.78, 5) is 22.1. The number of aliphatic hydroxyl groups is 1. The van der Waals surface area contributed by atoms with Gasteiger partial charge in [-0.2, -0.15) is 0 Å². The maximum absolute atomic E-state index is 11.4. The third-order valence-corrected chi connectivity index (χ3v) is 2.74. The molecular formula is C11H22N2O4. The molecule has 0 saturated carbocycles. The van der Waals surface area contributed by atoms with E-state index in [1.54, 1.807) is 0 Å². The van der Waals surface area contributed by atoms with Gasteiger partial charge in [0.1, 0.15) is 6.04 Å². The van der Waals surface area contributed by atoms with Gasteiger partial charge < -0.3 is 20.8 Å². The van der Waals surface area contributed by atoms with Gasteiger partial charge >= 0.3 is 12.0 Å². The van der Waals surface area contributed by atoms with Gasteiger partial charge in [-0.25, -0.2) is 9.59 Å². The number of carboxylic acid groups (broad SMARTS) is 1. The molecule has 0 aromatic heterocycles. The van der Waals surface area contributed by atoms with Crippen LogP contribution < -0.4 is 10.6 Å². The molecule has 0 heterocycles. The van der Waals surface area contributed by atoms with E-state index < -0.39 is 18.0 Å². The molecule has 100 valence electrons. The van der Waals surface area contributed by atoms with Gasteiger partial charge in [-0.1, -0.05) is 20.8 Å². The van der Waals surface area contributed by atoms with E-state index in [1.807, 2.05) is 6.92 Å². The molecule has 0 aromatic rings. The van der Waals surface area contributed by atoms with Crippen LogP contribution in [-0.4, -0.2) is 41.4 Å². The Morgan fingerprint density at radius 2 is 1.82 bits per heavy atom. The highest BCUT2D eigenvalue weighted by Gasteiger charge is 2.19. The van der Waals surface area contributed by atoms with E-state index in [1.165, 1.54) is 0 Å². The molecule has 1 unspecified atom stereocenters. The Morgan fingerprint density at radius 3 is 2.24 bits per heavy atom. The largest absolute Gasteiger partial charge is 0.480 e. The van der Waals surface area contributed by atoms with Crippen molar-refractivity contribution in [1.82, 2.24) is 10.6 Å². The Morgan fingerprint density at radius 1 is 1.24 bits per heavy atom. The molecule has 0 bridgehead atoms. The van der Waals surface area contributed by atoms with E-state index >= 15 is 0 Å². The van der Waals surface area contributed by atoms with Gasteiger partial charge in [0.05, 0.1) is 0 Å². The summed E-state index contributed by atoms with van der Waals surface area (Å²) in [6.07, 6.45) is 0.00247. The molecule has 0 fully saturated rings. The van der Waals surface area contributed by atoms with Gasteiger partial charge in [0.15, 0.2) is 0 Å². The second-order valence-electron chi connectivity index (χ2n) is 4.48. The average Bonchev–Trinajstić information content (AvgIpc) is 2.24. The molecule has 0 aliphatic carbocycles. The first-order valence-corrected chi connectivity index (χ1v) is 5.76. The maximum atomic E-state index is 11.4. The molecule has 0 saturated heterocycles. The Kier molecular flexibility index (Phi) is 7.29. The Hall–Kier alpha value is -1.30. The Labute approximate surface area is 101 Å². The van der Waals surface area contributed by atoms with Gasteiger partial charge in [0.25, 0.3) is 0 Å². The highest BCUT2D eigenvalue weighted by atomic mass is 16.4. The van der Waals surface area contributed by atoms with Crippen LogP contribution in [0.1, 0.15) is 27.2 Å². The average molecular weight is 246 g/mol. The SMILES string of the molecule is CC(C)C(C)CNC(=O)N[C@@H](CCO)C(=O)O. The number of carbonyl (C=O) groups is 2. The van der Waals surface area contributed by atoms with Gasteiger partial charge in [-0.05, 0) is 11.8 Å². The molecule has 0 aliphatic rings. The zero-order valence-electron chi connectivity index (χ0n) is 10.6. The van der Waals surface area contributed by atoms with Crippen molar-refractivity contribution in [2.24, 2.45) is 11.8 Å². The maximum Gasteiger partial charge on any atom is 0.326 e. The molecule has 17 heavy (non-hydrogen) atoms. The molecule has 0 spiro atoms. The normalized spacial score (nSPS) is 14.2. The van der Waals surface area contributed by atoms with Crippen molar-refractivity contribution in [2.75, 3.05) is 13.2 Å². The number of amides is 2. The predicted octanol–water partition coefficient (Wildman–Crippen LogP) is 0.413. The summed E-state index contributed by atoms with van der Waals surface area (Å²) < 4.78 is 0. The third kappa shape index (κ3) is 6.78. The van der Waals surface area contributed by atoms with Crippen LogP contribution in [0.4, 0.5) is 4.79 Å². The second kappa shape index (κ2) is 7.89. The van der Waals surface area contributed by atoms with Crippen molar-refractivity contribution in [3.05, 3.63) is 0 Å². The fraction of sp³-hybridized carbons (Fsp3) is 0.818. The summed E-state index contributed by atoms with van der Waals surface area (Å²) in [5.74, 6) is -0.379. The van der Waals surface area contributed by atoms with Crippen LogP contribution >= 0.6 is 0 Å². The Balaban J connectivity index is 4.02. The van der Waals surface area contributed by atoms with E-state index in [4.69, 9.17) is 10.2 Å². The molecule has 4 N–H and O–H groups in total. The Bertz CT molecular complexity index is 256. The lowest BCUT2D eigenvalue weighted by atomic mass is 9.98. The summed E-state index contributed by atoms with van der Waals surface area (Å²) >= 11 is 0. The topological polar surface area (TPSA) is 98.7 Å². The fourth-order valence-electron chi connectivity index (χ4n) is 1.09. The number of hydrogen-bond acceptors (Lipinski definition) is 3. The lowest BCUT2D eigenvalue weighted by Gasteiger charge is -2.18. The molecule has 0 radical (unpaired) electrons. The standard InChI is InChI=1S/C11H22N2O4/c1-7(2)8(3)6-12-11(17)13-9(4-5-14)10(15)16/h7-9,14H,4-6H2,1-3H3,(H,15,16)(H2,12,13,17)/t8?,9-/m0/s1. The number of aliphatic hydroxyl groups excluding tert-OH is 1. The number of nitrogens with one attached hydrogen (secondary N) is 2. The van der Waals surface area contributed by atoms with Crippen molar-refractivity contribution >= 4 is 12.0 Å². The summed E-state index contributed by atoms with van der Waals surface area (Å²) in [5, 5.41) is 22.3. The molecule has 0 aliphatic heterocycles. The monoisotopic (exact) mass is 246 g/mol. The van der Waals surface area contributed by atoms with Gasteiger partial charge in [0.2, 0.25) is 0 Å². The van der Waals surface area contributed by atoms with Gasteiger partial charge in [-0.15, -0.1) is 0 Å². The molecule has 2 atom stereocenters. The summed E-state index contributed by atoms with van der Waals surface area (Å²) in [6.45, 7) is 6.33.